The van der Waals surface area contributed by atoms with Gasteiger partial charge in [-0.3, -0.25) is 4.79 Å². The molecule has 0 aliphatic carbocycles. The van der Waals surface area contributed by atoms with E-state index in [1.54, 1.807) is 18.2 Å². The highest BCUT2D eigenvalue weighted by molar-refractivity contribution is 7.89. The second-order valence-corrected chi connectivity index (χ2v) is 10.6. The lowest BCUT2D eigenvalue weighted by Crippen LogP contribution is -2.37. The van der Waals surface area contributed by atoms with E-state index < -0.39 is 10.0 Å². The van der Waals surface area contributed by atoms with E-state index in [4.69, 9.17) is 0 Å². The van der Waals surface area contributed by atoms with Crippen LogP contribution < -0.4 is 5.32 Å². The third-order valence-electron chi connectivity index (χ3n) is 5.88. The van der Waals surface area contributed by atoms with Crippen LogP contribution in [-0.2, 0) is 10.0 Å². The molecular weight excluding hydrogens is 396 g/mol. The van der Waals surface area contributed by atoms with Crippen LogP contribution in [-0.4, -0.2) is 38.1 Å². The van der Waals surface area contributed by atoms with Gasteiger partial charge in [-0.2, -0.15) is 4.31 Å². The van der Waals surface area contributed by atoms with Crippen LogP contribution in [0.2, 0.25) is 0 Å². The predicted molar refractivity (Wildman–Crippen MR) is 122 cm³/mol. The van der Waals surface area contributed by atoms with Crippen molar-refractivity contribution in [1.82, 2.24) is 4.31 Å². The summed E-state index contributed by atoms with van der Waals surface area (Å²) in [5.41, 5.74) is 3.77. The molecule has 0 spiro atoms. The monoisotopic (exact) mass is 428 g/mol. The van der Waals surface area contributed by atoms with Gasteiger partial charge in [-0.15, -0.1) is 0 Å². The fraction of sp³-hybridized carbons (Fsp3) is 0.458. The fourth-order valence-electron chi connectivity index (χ4n) is 3.92. The van der Waals surface area contributed by atoms with Crippen molar-refractivity contribution in [2.24, 2.45) is 5.92 Å². The molecule has 0 aromatic heterocycles. The molecule has 3 rings (SSSR count). The number of benzene rings is 2. The lowest BCUT2D eigenvalue weighted by atomic mass is 9.97. The van der Waals surface area contributed by atoms with Crippen LogP contribution in [0.3, 0.4) is 0 Å². The maximum absolute atomic E-state index is 13.0. The lowest BCUT2D eigenvalue weighted by molar-refractivity contribution is 0.101. The number of sulfonamides is 1. The summed E-state index contributed by atoms with van der Waals surface area (Å²) >= 11 is 0. The largest absolute Gasteiger partial charge is 0.378 e. The molecule has 0 amide bonds. The Morgan fingerprint density at radius 3 is 2.47 bits per heavy atom. The van der Waals surface area contributed by atoms with Crippen molar-refractivity contribution in [2.45, 2.75) is 51.3 Å². The van der Waals surface area contributed by atoms with Gasteiger partial charge in [0.15, 0.2) is 5.78 Å². The zero-order valence-electron chi connectivity index (χ0n) is 18.3. The standard InChI is InChI=1S/C24H32N2O3S/c1-17(2)23-9-8-21(14-19(23)4)25-16-24(27)20-6-5-7-22(15-20)30(28,29)26-12-10-18(3)11-13-26/h5-9,14-15,17-18,25H,10-13,16H2,1-4H3. The van der Waals surface area contributed by atoms with Crippen molar-refractivity contribution in [3.05, 3.63) is 59.2 Å². The molecule has 5 nitrogen and oxygen atoms in total. The summed E-state index contributed by atoms with van der Waals surface area (Å²) in [6.45, 7) is 9.72. The van der Waals surface area contributed by atoms with Gasteiger partial charge in [-0.1, -0.05) is 39.0 Å². The Morgan fingerprint density at radius 1 is 1.13 bits per heavy atom. The summed E-state index contributed by atoms with van der Waals surface area (Å²) in [5.74, 6) is 0.868. The Labute approximate surface area is 180 Å². The van der Waals surface area contributed by atoms with Gasteiger partial charge in [0, 0.05) is 24.3 Å². The predicted octanol–water partition coefficient (Wildman–Crippen LogP) is 4.83. The van der Waals surface area contributed by atoms with E-state index in [1.165, 1.54) is 21.5 Å². The molecule has 1 aliphatic heterocycles. The summed E-state index contributed by atoms with van der Waals surface area (Å²) in [4.78, 5) is 12.9. The zero-order valence-corrected chi connectivity index (χ0v) is 19.1. The molecule has 1 aliphatic rings. The van der Waals surface area contributed by atoms with Gasteiger partial charge in [0.05, 0.1) is 11.4 Å². The summed E-state index contributed by atoms with van der Waals surface area (Å²) in [6, 6.07) is 12.5. The first-order chi connectivity index (χ1) is 14.2. The summed E-state index contributed by atoms with van der Waals surface area (Å²) < 4.78 is 27.5. The summed E-state index contributed by atoms with van der Waals surface area (Å²) in [7, 11) is -3.57. The number of carbonyl (C=O) groups is 1. The van der Waals surface area contributed by atoms with Crippen molar-refractivity contribution < 1.29 is 13.2 Å². The average Bonchev–Trinajstić information content (AvgIpc) is 2.72. The van der Waals surface area contributed by atoms with Gasteiger partial charge < -0.3 is 5.32 Å². The molecule has 162 valence electrons. The third-order valence-corrected chi connectivity index (χ3v) is 7.78. The SMILES string of the molecule is Cc1cc(NCC(=O)c2cccc(S(=O)(=O)N3CCC(C)CC3)c2)ccc1C(C)C. The van der Waals surface area contributed by atoms with E-state index in [2.05, 4.69) is 39.1 Å². The quantitative estimate of drug-likeness (QED) is 0.641. The van der Waals surface area contributed by atoms with Crippen LogP contribution in [0.1, 0.15) is 61.0 Å². The molecule has 1 N–H and O–H groups in total. The number of nitrogens with one attached hydrogen (secondary N) is 1. The van der Waals surface area contributed by atoms with Crippen molar-refractivity contribution in [3.8, 4) is 0 Å². The number of piperidine rings is 1. The van der Waals surface area contributed by atoms with E-state index in [9.17, 15) is 13.2 Å². The molecule has 0 saturated carbocycles. The molecule has 1 fully saturated rings. The zero-order chi connectivity index (χ0) is 21.9. The number of anilines is 1. The Hall–Kier alpha value is -2.18. The lowest BCUT2D eigenvalue weighted by Gasteiger charge is -2.29. The highest BCUT2D eigenvalue weighted by Gasteiger charge is 2.28. The van der Waals surface area contributed by atoms with Gasteiger partial charge in [-0.05, 0) is 67.0 Å². The number of ketones is 1. The first-order valence-electron chi connectivity index (χ1n) is 10.7. The Balaban J connectivity index is 1.69. The molecule has 6 heteroatoms. The molecule has 0 radical (unpaired) electrons. The van der Waals surface area contributed by atoms with Gasteiger partial charge in [0.2, 0.25) is 10.0 Å². The second kappa shape index (κ2) is 9.31. The number of Topliss-reactive ketones (excluding diaryl/α,β-unsaturated/α-hetero) is 1. The molecule has 0 atom stereocenters. The molecule has 1 heterocycles. The summed E-state index contributed by atoms with van der Waals surface area (Å²) in [5, 5.41) is 3.17. The van der Waals surface area contributed by atoms with Gasteiger partial charge in [-0.25, -0.2) is 8.42 Å². The fourth-order valence-corrected chi connectivity index (χ4v) is 5.44. The molecule has 30 heavy (non-hydrogen) atoms. The Kier molecular flexibility index (Phi) is 6.98. The Bertz CT molecular complexity index is 1010. The van der Waals surface area contributed by atoms with Crippen LogP contribution in [0.15, 0.2) is 47.4 Å². The highest BCUT2D eigenvalue weighted by Crippen LogP contribution is 2.25. The molecule has 0 bridgehead atoms. The van der Waals surface area contributed by atoms with E-state index in [0.29, 0.717) is 30.5 Å². The summed E-state index contributed by atoms with van der Waals surface area (Å²) in [6.07, 6.45) is 1.74. The van der Waals surface area contributed by atoms with Crippen molar-refractivity contribution in [2.75, 3.05) is 25.0 Å². The van der Waals surface area contributed by atoms with Gasteiger partial charge in [0.1, 0.15) is 0 Å². The molecule has 2 aromatic carbocycles. The topological polar surface area (TPSA) is 66.5 Å². The van der Waals surface area contributed by atoms with Crippen LogP contribution >= 0.6 is 0 Å². The number of hydrogen-bond acceptors (Lipinski definition) is 4. The normalized spacial score (nSPS) is 16.0. The van der Waals surface area contributed by atoms with E-state index in [0.717, 1.165) is 18.5 Å². The van der Waals surface area contributed by atoms with E-state index >= 15 is 0 Å². The minimum Gasteiger partial charge on any atom is -0.378 e. The first kappa shape index (κ1) is 22.5. The van der Waals surface area contributed by atoms with Gasteiger partial charge >= 0.3 is 0 Å². The van der Waals surface area contributed by atoms with Crippen molar-refractivity contribution in [3.63, 3.8) is 0 Å². The van der Waals surface area contributed by atoms with Crippen molar-refractivity contribution in [1.29, 1.82) is 0 Å². The molecule has 0 unspecified atom stereocenters. The van der Waals surface area contributed by atoms with E-state index in [1.807, 2.05) is 12.1 Å². The van der Waals surface area contributed by atoms with Crippen LogP contribution in [0.5, 0.6) is 0 Å². The number of rotatable bonds is 7. The van der Waals surface area contributed by atoms with E-state index in [-0.39, 0.29) is 17.2 Å². The first-order valence-corrected chi connectivity index (χ1v) is 12.1. The number of aryl methyl sites for hydroxylation is 1. The van der Waals surface area contributed by atoms with Gasteiger partial charge in [0.25, 0.3) is 0 Å². The molecular formula is C24H32N2O3S. The minimum absolute atomic E-state index is 0.116. The number of hydrogen-bond donors (Lipinski definition) is 1. The average molecular weight is 429 g/mol. The third kappa shape index (κ3) is 5.10. The van der Waals surface area contributed by atoms with Crippen LogP contribution in [0, 0.1) is 12.8 Å². The Morgan fingerprint density at radius 2 is 1.83 bits per heavy atom. The minimum atomic E-state index is -3.57. The highest BCUT2D eigenvalue weighted by atomic mass is 32.2. The van der Waals surface area contributed by atoms with Crippen molar-refractivity contribution >= 4 is 21.5 Å². The second-order valence-electron chi connectivity index (χ2n) is 8.62. The molecule has 1 saturated heterocycles. The number of nitrogens with zero attached hydrogens (tertiary/aromatic N) is 1. The van der Waals surface area contributed by atoms with Crippen LogP contribution in [0.25, 0.3) is 0 Å². The molecule has 2 aromatic rings. The smallest absolute Gasteiger partial charge is 0.243 e. The maximum Gasteiger partial charge on any atom is 0.243 e. The number of carbonyl (C=O) groups excluding carboxylic acids is 1. The van der Waals surface area contributed by atoms with Crippen LogP contribution in [0.4, 0.5) is 5.69 Å². The maximum atomic E-state index is 13.0.